The van der Waals surface area contributed by atoms with Gasteiger partial charge in [-0.2, -0.15) is 0 Å². The fourth-order valence-electron chi connectivity index (χ4n) is 9.59. The van der Waals surface area contributed by atoms with Crippen molar-refractivity contribution in [2.24, 2.45) is 0 Å². The maximum Gasteiger partial charge on any atom is 0.121 e. The highest BCUT2D eigenvalue weighted by atomic mass is 16.3. The van der Waals surface area contributed by atoms with Crippen LogP contribution in [0.5, 0.6) is 11.5 Å². The summed E-state index contributed by atoms with van der Waals surface area (Å²) in [7, 11) is 0. The molecule has 1 aliphatic carbocycles. The van der Waals surface area contributed by atoms with Crippen molar-refractivity contribution in [3.63, 3.8) is 0 Å². The minimum atomic E-state index is -1.16. The molecule has 1 aliphatic rings. The molecular formula is C53H34O2. The molecule has 2 nitrogen and oxygen atoms in total. The average molecular weight is 703 g/mol. The quantitative estimate of drug-likeness (QED) is 0.192. The number of hydrogen-bond acceptors (Lipinski definition) is 2. The van der Waals surface area contributed by atoms with Gasteiger partial charge in [0, 0.05) is 11.1 Å². The molecule has 0 aromatic heterocycles. The van der Waals surface area contributed by atoms with E-state index < -0.39 is 5.41 Å². The largest absolute Gasteiger partial charge is 0.508 e. The lowest BCUT2D eigenvalue weighted by molar-refractivity contribution is 0.451. The SMILES string of the molecule is Oc1ccc2ccccc2c1C1(c2c(O)ccc3ccccc23)c2ccccc2-c2ccc(-c3ccc4ccccc4c3)c(-c3ccc4ccccc4c3)c21. The van der Waals surface area contributed by atoms with Crippen molar-refractivity contribution in [1.82, 2.24) is 0 Å². The molecule has 2 heteroatoms. The van der Waals surface area contributed by atoms with Gasteiger partial charge in [-0.1, -0.05) is 170 Å². The summed E-state index contributed by atoms with van der Waals surface area (Å²) in [6.45, 7) is 0. The molecule has 0 atom stereocenters. The van der Waals surface area contributed by atoms with Gasteiger partial charge in [0.15, 0.2) is 0 Å². The van der Waals surface area contributed by atoms with Crippen LogP contribution in [-0.2, 0) is 5.41 Å². The van der Waals surface area contributed by atoms with E-state index in [1.165, 1.54) is 10.8 Å². The molecule has 0 bridgehead atoms. The summed E-state index contributed by atoms with van der Waals surface area (Å²) in [4.78, 5) is 0. The number of phenols is 2. The van der Waals surface area contributed by atoms with Gasteiger partial charge in [0.1, 0.15) is 11.5 Å². The van der Waals surface area contributed by atoms with E-state index in [0.29, 0.717) is 0 Å². The Kier molecular flexibility index (Phi) is 6.80. The van der Waals surface area contributed by atoms with E-state index in [2.05, 4.69) is 146 Å². The van der Waals surface area contributed by atoms with Crippen LogP contribution in [0, 0.1) is 0 Å². The van der Waals surface area contributed by atoms with Crippen molar-refractivity contribution < 1.29 is 10.2 Å². The molecule has 2 N–H and O–H groups in total. The number of aromatic hydroxyl groups is 2. The predicted octanol–water partition coefficient (Wildman–Crippen LogP) is 13.4. The van der Waals surface area contributed by atoms with Gasteiger partial charge in [0.25, 0.3) is 0 Å². The Morgan fingerprint density at radius 1 is 0.309 bits per heavy atom. The van der Waals surface area contributed by atoms with Crippen molar-refractivity contribution in [3.05, 3.63) is 216 Å². The Morgan fingerprint density at radius 2 is 0.764 bits per heavy atom. The third kappa shape index (κ3) is 4.49. The number of rotatable bonds is 4. The minimum Gasteiger partial charge on any atom is -0.508 e. The Labute approximate surface area is 318 Å². The summed E-state index contributed by atoms with van der Waals surface area (Å²) in [5.41, 5.74) is 8.85. The summed E-state index contributed by atoms with van der Waals surface area (Å²) >= 11 is 0. The fourth-order valence-corrected chi connectivity index (χ4v) is 9.59. The number of hydrogen-bond donors (Lipinski definition) is 2. The van der Waals surface area contributed by atoms with Gasteiger partial charge in [0.05, 0.1) is 5.41 Å². The van der Waals surface area contributed by atoms with Gasteiger partial charge in [0.2, 0.25) is 0 Å². The molecule has 0 aliphatic heterocycles. The third-order valence-electron chi connectivity index (χ3n) is 11.9. The van der Waals surface area contributed by atoms with E-state index >= 15 is 0 Å². The molecule has 258 valence electrons. The zero-order valence-electron chi connectivity index (χ0n) is 29.9. The Bertz CT molecular complexity index is 3100. The first kappa shape index (κ1) is 31.4. The Balaban J connectivity index is 1.41. The van der Waals surface area contributed by atoms with E-state index in [1.54, 1.807) is 0 Å². The third-order valence-corrected chi connectivity index (χ3v) is 11.9. The van der Waals surface area contributed by atoms with E-state index in [1.807, 2.05) is 48.5 Å². The second-order valence-corrected chi connectivity index (χ2v) is 14.7. The van der Waals surface area contributed by atoms with Gasteiger partial charge in [-0.15, -0.1) is 0 Å². The molecule has 0 saturated heterocycles. The molecule has 10 aromatic rings. The summed E-state index contributed by atoms with van der Waals surface area (Å²) in [5.74, 6) is 0.350. The molecule has 0 saturated carbocycles. The standard InChI is InChI=1S/C53H34O2/c54-47-29-25-35-13-5-7-17-42(35)50(47)53(51-43-18-8-6-14-36(43)26-30-48(51)55)46-20-10-9-19-44(46)45-28-27-41(39-23-21-33-11-1-3-15-37(33)31-39)49(52(45)53)40-24-22-34-12-2-4-16-38(34)32-40/h1-32,54-55H. The van der Waals surface area contributed by atoms with Gasteiger partial charge in [-0.25, -0.2) is 0 Å². The molecule has 0 radical (unpaired) electrons. The van der Waals surface area contributed by atoms with Crippen molar-refractivity contribution in [1.29, 1.82) is 0 Å². The average Bonchev–Trinajstić information content (AvgIpc) is 3.53. The molecule has 0 amide bonds. The van der Waals surface area contributed by atoms with E-state index in [0.717, 1.165) is 88.0 Å². The van der Waals surface area contributed by atoms with Crippen molar-refractivity contribution in [2.75, 3.05) is 0 Å². The highest BCUT2D eigenvalue weighted by Gasteiger charge is 2.52. The Hall–Kier alpha value is -7.16. The molecule has 0 spiro atoms. The van der Waals surface area contributed by atoms with Crippen LogP contribution in [0.25, 0.3) is 76.5 Å². The van der Waals surface area contributed by atoms with Crippen LogP contribution in [0.3, 0.4) is 0 Å². The Morgan fingerprint density at radius 3 is 1.38 bits per heavy atom. The van der Waals surface area contributed by atoms with Crippen molar-refractivity contribution in [2.45, 2.75) is 5.41 Å². The topological polar surface area (TPSA) is 40.5 Å². The molecule has 0 fully saturated rings. The summed E-state index contributed by atoms with van der Waals surface area (Å²) in [5, 5.41) is 33.6. The lowest BCUT2D eigenvalue weighted by Crippen LogP contribution is -2.30. The molecule has 0 heterocycles. The second kappa shape index (κ2) is 11.9. The molecule has 0 unspecified atom stereocenters. The summed E-state index contributed by atoms with van der Waals surface area (Å²) in [6, 6.07) is 67.8. The molecule has 10 aromatic carbocycles. The maximum atomic E-state index is 12.5. The fraction of sp³-hybridized carbons (Fsp3) is 0.0189. The number of phenolic OH excluding ortho intramolecular Hbond substituents is 2. The second-order valence-electron chi connectivity index (χ2n) is 14.7. The van der Waals surface area contributed by atoms with Crippen LogP contribution < -0.4 is 0 Å². The molecular weight excluding hydrogens is 669 g/mol. The maximum absolute atomic E-state index is 12.5. The van der Waals surface area contributed by atoms with Gasteiger partial charge < -0.3 is 10.2 Å². The van der Waals surface area contributed by atoms with Crippen LogP contribution in [0.15, 0.2) is 194 Å². The molecule has 55 heavy (non-hydrogen) atoms. The first-order chi connectivity index (χ1) is 27.1. The normalized spacial score (nSPS) is 13.0. The van der Waals surface area contributed by atoms with Crippen molar-refractivity contribution in [3.8, 4) is 44.9 Å². The zero-order valence-corrected chi connectivity index (χ0v) is 29.9. The highest BCUT2D eigenvalue weighted by Crippen LogP contribution is 2.64. The van der Waals surface area contributed by atoms with Gasteiger partial charge >= 0.3 is 0 Å². The predicted molar refractivity (Wildman–Crippen MR) is 228 cm³/mol. The highest BCUT2D eigenvalue weighted by molar-refractivity contribution is 6.06. The van der Waals surface area contributed by atoms with Crippen molar-refractivity contribution >= 4 is 43.1 Å². The zero-order chi connectivity index (χ0) is 36.7. The monoisotopic (exact) mass is 702 g/mol. The smallest absolute Gasteiger partial charge is 0.121 e. The number of benzene rings is 10. The minimum absolute atomic E-state index is 0.175. The van der Waals surface area contributed by atoms with Gasteiger partial charge in [-0.3, -0.25) is 0 Å². The summed E-state index contributed by atoms with van der Waals surface area (Å²) < 4.78 is 0. The van der Waals surface area contributed by atoms with Crippen LogP contribution >= 0.6 is 0 Å². The van der Waals surface area contributed by atoms with E-state index in [9.17, 15) is 10.2 Å². The molecule has 11 rings (SSSR count). The van der Waals surface area contributed by atoms with Crippen LogP contribution in [0.2, 0.25) is 0 Å². The number of fused-ring (bicyclic) bond motifs is 7. The van der Waals surface area contributed by atoms with Crippen LogP contribution in [-0.4, -0.2) is 10.2 Å². The van der Waals surface area contributed by atoms with E-state index in [4.69, 9.17) is 0 Å². The lowest BCUT2D eigenvalue weighted by atomic mass is 9.63. The first-order valence-corrected chi connectivity index (χ1v) is 18.8. The first-order valence-electron chi connectivity index (χ1n) is 18.8. The van der Waals surface area contributed by atoms with Crippen LogP contribution in [0.1, 0.15) is 22.3 Å². The van der Waals surface area contributed by atoms with E-state index in [-0.39, 0.29) is 11.5 Å². The lowest BCUT2D eigenvalue weighted by Gasteiger charge is -2.38. The van der Waals surface area contributed by atoms with Crippen LogP contribution in [0.4, 0.5) is 0 Å². The van der Waals surface area contributed by atoms with Gasteiger partial charge in [-0.05, 0) is 112 Å². The summed E-state index contributed by atoms with van der Waals surface area (Å²) in [6.07, 6.45) is 0.